The molecule has 0 aliphatic carbocycles. The summed E-state index contributed by atoms with van der Waals surface area (Å²) in [6.07, 6.45) is 4.25. The van der Waals surface area contributed by atoms with E-state index < -0.39 is 0 Å². The lowest BCUT2D eigenvalue weighted by atomic mass is 10.2. The first kappa shape index (κ1) is 19.2. The Morgan fingerprint density at radius 2 is 1.97 bits per heavy atom. The normalized spacial score (nSPS) is 10.8. The second kappa shape index (κ2) is 8.93. The number of hydrogen-bond acceptors (Lipinski definition) is 8. The van der Waals surface area contributed by atoms with Crippen molar-refractivity contribution in [3.05, 3.63) is 59.9 Å². The monoisotopic (exact) mass is 423 g/mol. The Morgan fingerprint density at radius 3 is 2.69 bits per heavy atom. The number of anilines is 1. The largest absolute Gasteiger partial charge is 0.300 e. The molecule has 0 bridgehead atoms. The predicted molar refractivity (Wildman–Crippen MR) is 113 cm³/mol. The van der Waals surface area contributed by atoms with E-state index in [1.807, 2.05) is 54.0 Å². The van der Waals surface area contributed by atoms with E-state index in [9.17, 15) is 4.79 Å². The molecule has 1 aromatic carbocycles. The van der Waals surface area contributed by atoms with Crippen molar-refractivity contribution in [2.24, 2.45) is 0 Å². The zero-order valence-corrected chi connectivity index (χ0v) is 17.2. The average Bonchev–Trinajstić information content (AvgIpc) is 3.40. The van der Waals surface area contributed by atoms with E-state index in [0.29, 0.717) is 16.1 Å². The van der Waals surface area contributed by atoms with Gasteiger partial charge in [-0.05, 0) is 18.6 Å². The molecule has 0 aliphatic heterocycles. The van der Waals surface area contributed by atoms with Gasteiger partial charge in [-0.1, -0.05) is 60.4 Å². The zero-order chi connectivity index (χ0) is 20.1. The van der Waals surface area contributed by atoms with Crippen LogP contribution in [0, 0.1) is 0 Å². The molecule has 8 nitrogen and oxygen atoms in total. The van der Waals surface area contributed by atoms with E-state index in [1.165, 1.54) is 23.1 Å². The van der Waals surface area contributed by atoms with Gasteiger partial charge in [-0.25, -0.2) is 0 Å². The number of carbonyl (C=O) groups excluding carboxylic acids is 1. The maximum Gasteiger partial charge on any atom is 0.236 e. The Hall–Kier alpha value is -3.11. The molecule has 29 heavy (non-hydrogen) atoms. The Bertz CT molecular complexity index is 1100. The highest BCUT2D eigenvalue weighted by molar-refractivity contribution is 7.99. The van der Waals surface area contributed by atoms with Crippen molar-refractivity contribution < 1.29 is 4.79 Å². The third kappa shape index (κ3) is 4.49. The van der Waals surface area contributed by atoms with Gasteiger partial charge in [0.15, 0.2) is 11.0 Å². The molecule has 0 spiro atoms. The third-order valence-electron chi connectivity index (χ3n) is 3.92. The standard InChI is InChI=1S/C19H17N7OS2/c1-2-16-22-24-18(29-16)21-15(27)12-28-19-25-23-17(13-7-4-3-5-8-13)26(19)14-9-6-10-20-11-14/h3-11H,2,12H2,1H3,(H,21,24,27). The van der Waals surface area contributed by atoms with Crippen molar-refractivity contribution in [2.75, 3.05) is 11.1 Å². The lowest BCUT2D eigenvalue weighted by Crippen LogP contribution is -2.14. The Labute approximate surface area is 175 Å². The Kier molecular flexibility index (Phi) is 5.92. The van der Waals surface area contributed by atoms with Gasteiger partial charge < -0.3 is 0 Å². The van der Waals surface area contributed by atoms with Crippen LogP contribution in [0.25, 0.3) is 17.1 Å². The lowest BCUT2D eigenvalue weighted by Gasteiger charge is -2.09. The number of amides is 1. The number of hydrogen-bond donors (Lipinski definition) is 1. The van der Waals surface area contributed by atoms with E-state index in [0.717, 1.165) is 22.7 Å². The van der Waals surface area contributed by atoms with Gasteiger partial charge in [0.05, 0.1) is 17.6 Å². The first-order valence-electron chi connectivity index (χ1n) is 8.91. The van der Waals surface area contributed by atoms with Crippen molar-refractivity contribution in [1.82, 2.24) is 29.9 Å². The molecular weight excluding hydrogens is 406 g/mol. The number of carbonyl (C=O) groups is 1. The number of aromatic nitrogens is 6. The van der Waals surface area contributed by atoms with E-state index in [2.05, 4.69) is 30.7 Å². The minimum Gasteiger partial charge on any atom is -0.300 e. The van der Waals surface area contributed by atoms with Crippen molar-refractivity contribution in [3.63, 3.8) is 0 Å². The summed E-state index contributed by atoms with van der Waals surface area (Å²) >= 11 is 2.68. The van der Waals surface area contributed by atoms with Crippen LogP contribution in [0.2, 0.25) is 0 Å². The predicted octanol–water partition coefficient (Wildman–Crippen LogP) is 3.47. The average molecular weight is 424 g/mol. The minimum absolute atomic E-state index is 0.171. The fourth-order valence-corrected chi connectivity index (χ4v) is 4.04. The summed E-state index contributed by atoms with van der Waals surface area (Å²) in [5, 5.41) is 21.4. The Balaban J connectivity index is 1.55. The van der Waals surface area contributed by atoms with Gasteiger partial charge in [-0.15, -0.1) is 20.4 Å². The SMILES string of the molecule is CCc1nnc(NC(=O)CSc2nnc(-c3ccccc3)n2-c2cccnc2)s1. The Morgan fingerprint density at radius 1 is 1.10 bits per heavy atom. The summed E-state index contributed by atoms with van der Waals surface area (Å²) in [5.74, 6) is 0.697. The highest BCUT2D eigenvalue weighted by Gasteiger charge is 2.17. The van der Waals surface area contributed by atoms with Gasteiger partial charge in [0.25, 0.3) is 0 Å². The van der Waals surface area contributed by atoms with Gasteiger partial charge in [0, 0.05) is 11.8 Å². The fourth-order valence-electron chi connectivity index (χ4n) is 2.59. The summed E-state index contributed by atoms with van der Waals surface area (Å²) in [6, 6.07) is 13.6. The first-order valence-corrected chi connectivity index (χ1v) is 10.7. The van der Waals surface area contributed by atoms with E-state index in [4.69, 9.17) is 0 Å². The molecule has 0 aliphatic rings. The van der Waals surface area contributed by atoms with Crippen LogP contribution in [0.15, 0.2) is 60.0 Å². The zero-order valence-electron chi connectivity index (χ0n) is 15.5. The van der Waals surface area contributed by atoms with Gasteiger partial charge in [-0.2, -0.15) is 0 Å². The molecular formula is C19H17N7OS2. The molecule has 0 saturated carbocycles. The highest BCUT2D eigenvalue weighted by atomic mass is 32.2. The van der Waals surface area contributed by atoms with Crippen molar-refractivity contribution in [1.29, 1.82) is 0 Å². The lowest BCUT2D eigenvalue weighted by molar-refractivity contribution is -0.113. The third-order valence-corrected chi connectivity index (χ3v) is 5.83. The maximum absolute atomic E-state index is 12.3. The molecule has 1 amide bonds. The van der Waals surface area contributed by atoms with Crippen LogP contribution < -0.4 is 5.32 Å². The summed E-state index contributed by atoms with van der Waals surface area (Å²) in [4.78, 5) is 16.5. The van der Waals surface area contributed by atoms with Crippen molar-refractivity contribution >= 4 is 34.1 Å². The van der Waals surface area contributed by atoms with Crippen LogP contribution in [-0.2, 0) is 11.2 Å². The molecule has 1 N–H and O–H groups in total. The summed E-state index contributed by atoms with van der Waals surface area (Å²) in [6.45, 7) is 2.00. The number of thioether (sulfide) groups is 1. The topological polar surface area (TPSA) is 98.5 Å². The number of nitrogens with one attached hydrogen (secondary N) is 1. The molecule has 0 radical (unpaired) electrons. The maximum atomic E-state index is 12.3. The summed E-state index contributed by atoms with van der Waals surface area (Å²) in [7, 11) is 0. The molecule has 4 rings (SSSR count). The van der Waals surface area contributed by atoms with Crippen molar-refractivity contribution in [3.8, 4) is 17.1 Å². The molecule has 0 atom stereocenters. The van der Waals surface area contributed by atoms with Crippen LogP contribution in [0.1, 0.15) is 11.9 Å². The van der Waals surface area contributed by atoms with Crippen molar-refractivity contribution in [2.45, 2.75) is 18.5 Å². The van der Waals surface area contributed by atoms with Crippen LogP contribution in [0.5, 0.6) is 0 Å². The van der Waals surface area contributed by atoms with Gasteiger partial charge in [0.1, 0.15) is 5.01 Å². The molecule has 0 unspecified atom stereocenters. The molecule has 146 valence electrons. The number of aryl methyl sites for hydroxylation is 1. The second-order valence-corrected chi connectivity index (χ2v) is 7.91. The van der Waals surface area contributed by atoms with Gasteiger partial charge in [-0.3, -0.25) is 19.7 Å². The molecule has 3 aromatic heterocycles. The van der Waals surface area contributed by atoms with Crippen LogP contribution in [-0.4, -0.2) is 41.6 Å². The summed E-state index contributed by atoms with van der Waals surface area (Å²) < 4.78 is 1.90. The fraction of sp³-hybridized carbons (Fsp3) is 0.158. The molecule has 0 saturated heterocycles. The smallest absolute Gasteiger partial charge is 0.236 e. The number of benzene rings is 1. The molecule has 4 aromatic rings. The number of nitrogens with zero attached hydrogens (tertiary/aromatic N) is 6. The molecule has 3 heterocycles. The minimum atomic E-state index is -0.171. The quantitative estimate of drug-likeness (QED) is 0.454. The van der Waals surface area contributed by atoms with Crippen LogP contribution >= 0.6 is 23.1 Å². The van der Waals surface area contributed by atoms with Gasteiger partial charge >= 0.3 is 0 Å². The van der Waals surface area contributed by atoms with Crippen LogP contribution in [0.3, 0.4) is 0 Å². The first-order chi connectivity index (χ1) is 14.2. The number of rotatable bonds is 7. The highest BCUT2D eigenvalue weighted by Crippen LogP contribution is 2.27. The molecule has 10 heteroatoms. The van der Waals surface area contributed by atoms with Crippen LogP contribution in [0.4, 0.5) is 5.13 Å². The van der Waals surface area contributed by atoms with E-state index in [1.54, 1.807) is 12.4 Å². The van der Waals surface area contributed by atoms with E-state index >= 15 is 0 Å². The molecule has 0 fully saturated rings. The summed E-state index contributed by atoms with van der Waals surface area (Å²) in [5.41, 5.74) is 1.76. The number of pyridine rings is 1. The second-order valence-electron chi connectivity index (χ2n) is 5.91. The van der Waals surface area contributed by atoms with E-state index in [-0.39, 0.29) is 11.7 Å². The van der Waals surface area contributed by atoms with Gasteiger partial charge in [0.2, 0.25) is 11.0 Å².